The second kappa shape index (κ2) is 6.21. The van der Waals surface area contributed by atoms with Crippen LogP contribution in [0.15, 0.2) is 0 Å². The van der Waals surface area contributed by atoms with Crippen LogP contribution >= 0.6 is 0 Å². The highest BCUT2D eigenvalue weighted by Gasteiger charge is 2.25. The Morgan fingerprint density at radius 3 is 2.75 bits per heavy atom. The van der Waals surface area contributed by atoms with Gasteiger partial charge in [-0.15, -0.1) is 0 Å². The Kier molecular flexibility index (Phi) is 5.22. The first-order chi connectivity index (χ1) is 7.54. The van der Waals surface area contributed by atoms with Crippen molar-refractivity contribution in [2.75, 3.05) is 32.7 Å². The Bertz CT molecular complexity index is 230. The molecule has 16 heavy (non-hydrogen) atoms. The monoisotopic (exact) mass is 227 g/mol. The quantitative estimate of drug-likeness (QED) is 0.745. The fourth-order valence-electron chi connectivity index (χ4n) is 2.43. The van der Waals surface area contributed by atoms with Gasteiger partial charge in [-0.3, -0.25) is 4.79 Å². The molecule has 0 aromatic carbocycles. The van der Waals surface area contributed by atoms with Crippen molar-refractivity contribution in [1.29, 1.82) is 0 Å². The van der Waals surface area contributed by atoms with Crippen LogP contribution < -0.4 is 5.73 Å². The predicted molar refractivity (Wildman–Crippen MR) is 66.1 cm³/mol. The van der Waals surface area contributed by atoms with Gasteiger partial charge in [-0.1, -0.05) is 0 Å². The van der Waals surface area contributed by atoms with E-state index < -0.39 is 0 Å². The van der Waals surface area contributed by atoms with E-state index in [9.17, 15) is 4.79 Å². The summed E-state index contributed by atoms with van der Waals surface area (Å²) >= 11 is 0. The molecule has 94 valence electrons. The summed E-state index contributed by atoms with van der Waals surface area (Å²) in [5, 5.41) is 0. The molecule has 0 radical (unpaired) electrons. The van der Waals surface area contributed by atoms with E-state index in [1.807, 2.05) is 4.90 Å². The van der Waals surface area contributed by atoms with E-state index in [0.29, 0.717) is 12.0 Å². The lowest BCUT2D eigenvalue weighted by molar-refractivity contribution is -0.131. The number of nitrogens with two attached hydrogens (primary N) is 1. The first-order valence-electron chi connectivity index (χ1n) is 6.24. The van der Waals surface area contributed by atoms with Gasteiger partial charge >= 0.3 is 0 Å². The first kappa shape index (κ1) is 13.5. The van der Waals surface area contributed by atoms with Crippen LogP contribution in [-0.4, -0.2) is 54.5 Å². The van der Waals surface area contributed by atoms with Crippen LogP contribution in [0, 0.1) is 5.92 Å². The largest absolute Gasteiger partial charge is 0.340 e. The molecular weight excluding hydrogens is 202 g/mol. The van der Waals surface area contributed by atoms with Gasteiger partial charge in [-0.2, -0.15) is 0 Å². The van der Waals surface area contributed by atoms with Gasteiger partial charge in [0.25, 0.3) is 0 Å². The molecule has 1 heterocycles. The van der Waals surface area contributed by atoms with Gasteiger partial charge < -0.3 is 15.5 Å². The molecular formula is C12H25N3O. The van der Waals surface area contributed by atoms with E-state index >= 15 is 0 Å². The number of hydrogen-bond donors (Lipinski definition) is 1. The fraction of sp³-hybridized carbons (Fsp3) is 0.917. The predicted octanol–water partition coefficient (Wildman–Crippen LogP) is 0.524. The van der Waals surface area contributed by atoms with Crippen molar-refractivity contribution in [2.24, 2.45) is 11.7 Å². The van der Waals surface area contributed by atoms with E-state index in [4.69, 9.17) is 5.73 Å². The van der Waals surface area contributed by atoms with Crippen LogP contribution in [0.2, 0.25) is 0 Å². The van der Waals surface area contributed by atoms with Crippen LogP contribution in [0.3, 0.4) is 0 Å². The third-order valence-corrected chi connectivity index (χ3v) is 3.30. The molecule has 1 amide bonds. The Morgan fingerprint density at radius 1 is 1.56 bits per heavy atom. The lowest BCUT2D eigenvalue weighted by Crippen LogP contribution is -2.39. The minimum absolute atomic E-state index is 0.187. The molecule has 0 aromatic heterocycles. The summed E-state index contributed by atoms with van der Waals surface area (Å²) in [5.74, 6) is 0.810. The standard InChI is InChI=1S/C12H25N3O/c1-10(2)15(11(3)16)9-12-4-6-14(8-12)7-5-13/h10,12H,4-9,13H2,1-3H3/t12-/m0/s1. The zero-order valence-corrected chi connectivity index (χ0v) is 10.8. The van der Waals surface area contributed by atoms with Gasteiger partial charge in [0.05, 0.1) is 0 Å². The average Bonchev–Trinajstić information content (AvgIpc) is 2.61. The smallest absolute Gasteiger partial charge is 0.219 e. The van der Waals surface area contributed by atoms with Gasteiger partial charge in [-0.25, -0.2) is 0 Å². The molecule has 1 saturated heterocycles. The van der Waals surface area contributed by atoms with E-state index in [0.717, 1.165) is 32.7 Å². The van der Waals surface area contributed by atoms with Crippen molar-refractivity contribution >= 4 is 5.91 Å². The van der Waals surface area contributed by atoms with Crippen LogP contribution in [0.4, 0.5) is 0 Å². The maximum absolute atomic E-state index is 11.5. The first-order valence-corrected chi connectivity index (χ1v) is 6.24. The number of rotatable bonds is 5. The lowest BCUT2D eigenvalue weighted by Gasteiger charge is -2.28. The molecule has 4 heteroatoms. The molecule has 2 N–H and O–H groups in total. The molecule has 0 spiro atoms. The minimum Gasteiger partial charge on any atom is -0.340 e. The third kappa shape index (κ3) is 3.76. The molecule has 1 aliphatic rings. The highest BCUT2D eigenvalue weighted by molar-refractivity contribution is 5.73. The molecule has 0 unspecified atom stereocenters. The minimum atomic E-state index is 0.187. The summed E-state index contributed by atoms with van der Waals surface area (Å²) in [7, 11) is 0. The Balaban J connectivity index is 2.39. The second-order valence-corrected chi connectivity index (χ2v) is 5.01. The molecule has 1 aliphatic heterocycles. The third-order valence-electron chi connectivity index (χ3n) is 3.30. The van der Waals surface area contributed by atoms with Crippen LogP contribution in [0.5, 0.6) is 0 Å². The number of hydrogen-bond acceptors (Lipinski definition) is 3. The van der Waals surface area contributed by atoms with E-state index in [1.165, 1.54) is 6.42 Å². The molecule has 1 fully saturated rings. The SMILES string of the molecule is CC(=O)N(C[C@H]1CCN(CCN)C1)C(C)C. The Hall–Kier alpha value is -0.610. The average molecular weight is 227 g/mol. The number of likely N-dealkylation sites (tertiary alicyclic amines) is 1. The molecule has 1 atom stereocenters. The highest BCUT2D eigenvalue weighted by Crippen LogP contribution is 2.18. The van der Waals surface area contributed by atoms with Gasteiger partial charge in [0.15, 0.2) is 0 Å². The zero-order valence-electron chi connectivity index (χ0n) is 10.8. The molecule has 1 rings (SSSR count). The van der Waals surface area contributed by atoms with Crippen molar-refractivity contribution in [1.82, 2.24) is 9.80 Å². The van der Waals surface area contributed by atoms with Crippen molar-refractivity contribution < 1.29 is 4.79 Å². The van der Waals surface area contributed by atoms with Crippen molar-refractivity contribution in [2.45, 2.75) is 33.2 Å². The summed E-state index contributed by atoms with van der Waals surface area (Å²) in [6, 6.07) is 0.307. The summed E-state index contributed by atoms with van der Waals surface area (Å²) in [6.45, 7) is 10.6. The number of carbonyl (C=O) groups is 1. The maximum atomic E-state index is 11.5. The number of amides is 1. The second-order valence-electron chi connectivity index (χ2n) is 5.01. The van der Waals surface area contributed by atoms with Crippen LogP contribution in [0.25, 0.3) is 0 Å². The summed E-state index contributed by atoms with van der Waals surface area (Å²) in [4.78, 5) is 15.8. The van der Waals surface area contributed by atoms with Crippen molar-refractivity contribution in [3.8, 4) is 0 Å². The van der Waals surface area contributed by atoms with E-state index in [2.05, 4.69) is 18.7 Å². The van der Waals surface area contributed by atoms with Crippen molar-refractivity contribution in [3.05, 3.63) is 0 Å². The molecule has 4 nitrogen and oxygen atoms in total. The van der Waals surface area contributed by atoms with E-state index in [-0.39, 0.29) is 5.91 Å². The topological polar surface area (TPSA) is 49.6 Å². The van der Waals surface area contributed by atoms with Gasteiger partial charge in [-0.05, 0) is 32.7 Å². The Labute approximate surface area is 98.8 Å². The Morgan fingerprint density at radius 2 is 2.25 bits per heavy atom. The van der Waals surface area contributed by atoms with E-state index in [1.54, 1.807) is 6.92 Å². The lowest BCUT2D eigenvalue weighted by atomic mass is 10.1. The highest BCUT2D eigenvalue weighted by atomic mass is 16.2. The normalized spacial score (nSPS) is 21.7. The fourth-order valence-corrected chi connectivity index (χ4v) is 2.43. The van der Waals surface area contributed by atoms with Crippen LogP contribution in [0.1, 0.15) is 27.2 Å². The number of nitrogens with zero attached hydrogens (tertiary/aromatic N) is 2. The molecule has 0 bridgehead atoms. The summed E-state index contributed by atoms with van der Waals surface area (Å²) in [5.41, 5.74) is 5.55. The maximum Gasteiger partial charge on any atom is 0.219 e. The molecule has 0 aromatic rings. The molecule has 0 saturated carbocycles. The molecule has 0 aliphatic carbocycles. The number of carbonyl (C=O) groups excluding carboxylic acids is 1. The zero-order chi connectivity index (χ0) is 12.1. The van der Waals surface area contributed by atoms with Crippen LogP contribution in [-0.2, 0) is 4.79 Å². The van der Waals surface area contributed by atoms with Gasteiger partial charge in [0, 0.05) is 39.1 Å². The summed E-state index contributed by atoms with van der Waals surface area (Å²) < 4.78 is 0. The van der Waals surface area contributed by atoms with Gasteiger partial charge in [0.1, 0.15) is 0 Å². The van der Waals surface area contributed by atoms with Crippen molar-refractivity contribution in [3.63, 3.8) is 0 Å². The van der Waals surface area contributed by atoms with Gasteiger partial charge in [0.2, 0.25) is 5.91 Å². The summed E-state index contributed by atoms with van der Waals surface area (Å²) in [6.07, 6.45) is 1.19.